The Balaban J connectivity index is 2.10. The molecule has 1 unspecified atom stereocenters. The summed E-state index contributed by atoms with van der Waals surface area (Å²) in [5.74, 6) is 1.03. The molecule has 1 fully saturated rings. The van der Waals surface area contributed by atoms with Gasteiger partial charge in [0, 0.05) is 6.04 Å². The van der Waals surface area contributed by atoms with E-state index < -0.39 is 0 Å². The third-order valence-corrected chi connectivity index (χ3v) is 2.53. The van der Waals surface area contributed by atoms with Crippen molar-refractivity contribution in [2.24, 2.45) is 5.92 Å². The highest BCUT2D eigenvalue weighted by atomic mass is 14.9. The van der Waals surface area contributed by atoms with Crippen LogP contribution >= 0.6 is 0 Å². The van der Waals surface area contributed by atoms with Gasteiger partial charge >= 0.3 is 0 Å². The van der Waals surface area contributed by atoms with Crippen LogP contribution in [0.1, 0.15) is 46.0 Å². The largest absolute Gasteiger partial charge is 0.314 e. The molecular weight excluding hydrogens is 134 g/mol. The molecule has 66 valence electrons. The minimum atomic E-state index is 0.847. The van der Waals surface area contributed by atoms with E-state index in [1.165, 1.54) is 32.1 Å². The quantitative estimate of drug-likeness (QED) is 0.621. The lowest BCUT2D eigenvalue weighted by atomic mass is 10.1. The van der Waals surface area contributed by atoms with E-state index in [0.717, 1.165) is 18.5 Å². The summed E-state index contributed by atoms with van der Waals surface area (Å²) in [4.78, 5) is 0. The van der Waals surface area contributed by atoms with Crippen LogP contribution < -0.4 is 5.32 Å². The van der Waals surface area contributed by atoms with Crippen LogP contribution in [-0.2, 0) is 0 Å². The second-order valence-electron chi connectivity index (χ2n) is 3.64. The summed E-state index contributed by atoms with van der Waals surface area (Å²) in [7, 11) is 0. The van der Waals surface area contributed by atoms with E-state index >= 15 is 0 Å². The Morgan fingerprint density at radius 2 is 2.09 bits per heavy atom. The Bertz CT molecular complexity index is 97.0. The summed E-state index contributed by atoms with van der Waals surface area (Å²) in [6.07, 6.45) is 7.08. The van der Waals surface area contributed by atoms with Crippen LogP contribution in [0.3, 0.4) is 0 Å². The van der Waals surface area contributed by atoms with E-state index in [4.69, 9.17) is 0 Å². The lowest BCUT2D eigenvalue weighted by molar-refractivity contribution is 0.432. The van der Waals surface area contributed by atoms with Gasteiger partial charge in [-0.3, -0.25) is 0 Å². The number of hydrogen-bond acceptors (Lipinski definition) is 1. The van der Waals surface area contributed by atoms with Gasteiger partial charge in [-0.2, -0.15) is 0 Å². The fourth-order valence-corrected chi connectivity index (χ4v) is 1.69. The zero-order valence-corrected chi connectivity index (χ0v) is 7.90. The molecule has 0 aliphatic heterocycles. The zero-order chi connectivity index (χ0) is 8.10. The molecule has 1 rings (SSSR count). The van der Waals surface area contributed by atoms with Crippen LogP contribution in [0, 0.1) is 5.92 Å². The van der Waals surface area contributed by atoms with E-state index in [0.29, 0.717) is 0 Å². The van der Waals surface area contributed by atoms with Crippen LogP contribution in [0.15, 0.2) is 0 Å². The summed E-state index contributed by atoms with van der Waals surface area (Å²) < 4.78 is 0. The minimum absolute atomic E-state index is 0.847. The maximum atomic E-state index is 3.58. The molecule has 1 nitrogen and oxygen atoms in total. The van der Waals surface area contributed by atoms with Crippen molar-refractivity contribution in [2.45, 2.75) is 52.0 Å². The predicted octanol–water partition coefficient (Wildman–Crippen LogP) is 2.56. The van der Waals surface area contributed by atoms with E-state index in [1.54, 1.807) is 0 Å². The Morgan fingerprint density at radius 1 is 1.36 bits per heavy atom. The second kappa shape index (κ2) is 4.76. The SMILES string of the molecule is CCCCC(NCC)C1CC1. The first-order valence-corrected chi connectivity index (χ1v) is 5.11. The van der Waals surface area contributed by atoms with Gasteiger partial charge in [-0.05, 0) is 31.7 Å². The molecule has 0 aromatic carbocycles. The normalized spacial score (nSPS) is 20.2. The Kier molecular flexibility index (Phi) is 3.92. The Hall–Kier alpha value is -0.0400. The lowest BCUT2D eigenvalue weighted by Crippen LogP contribution is -2.30. The van der Waals surface area contributed by atoms with Gasteiger partial charge in [0.2, 0.25) is 0 Å². The molecule has 0 aromatic rings. The minimum Gasteiger partial charge on any atom is -0.314 e. The number of hydrogen-bond donors (Lipinski definition) is 1. The van der Waals surface area contributed by atoms with E-state index in [-0.39, 0.29) is 0 Å². The van der Waals surface area contributed by atoms with Crippen LogP contribution in [0.25, 0.3) is 0 Å². The predicted molar refractivity (Wildman–Crippen MR) is 49.7 cm³/mol. The molecular formula is C10H21N. The maximum absolute atomic E-state index is 3.58. The third-order valence-electron chi connectivity index (χ3n) is 2.53. The summed E-state index contributed by atoms with van der Waals surface area (Å²) in [5.41, 5.74) is 0. The standard InChI is InChI=1S/C10H21N/c1-3-5-6-10(11-4-2)9-7-8-9/h9-11H,3-8H2,1-2H3. The van der Waals surface area contributed by atoms with Gasteiger partial charge in [0.25, 0.3) is 0 Å². The van der Waals surface area contributed by atoms with Gasteiger partial charge in [0.15, 0.2) is 0 Å². The molecule has 1 aliphatic rings. The third kappa shape index (κ3) is 3.24. The van der Waals surface area contributed by atoms with Gasteiger partial charge in [-0.15, -0.1) is 0 Å². The van der Waals surface area contributed by atoms with Crippen LogP contribution in [0.4, 0.5) is 0 Å². The van der Waals surface area contributed by atoms with Crippen LogP contribution in [0.2, 0.25) is 0 Å². The van der Waals surface area contributed by atoms with Crippen molar-refractivity contribution in [2.75, 3.05) is 6.54 Å². The molecule has 0 heterocycles. The van der Waals surface area contributed by atoms with Gasteiger partial charge in [-0.1, -0.05) is 26.7 Å². The maximum Gasteiger partial charge on any atom is 0.00952 e. The number of rotatable bonds is 6. The molecule has 1 N–H and O–H groups in total. The number of unbranched alkanes of at least 4 members (excludes halogenated alkanes) is 1. The molecule has 11 heavy (non-hydrogen) atoms. The molecule has 1 heteroatoms. The van der Waals surface area contributed by atoms with Crippen molar-refractivity contribution in [3.8, 4) is 0 Å². The molecule has 0 radical (unpaired) electrons. The second-order valence-corrected chi connectivity index (χ2v) is 3.64. The fraction of sp³-hybridized carbons (Fsp3) is 1.00. The van der Waals surface area contributed by atoms with Gasteiger partial charge < -0.3 is 5.32 Å². The molecule has 1 aliphatic carbocycles. The summed E-state index contributed by atoms with van der Waals surface area (Å²) in [6.45, 7) is 5.63. The summed E-state index contributed by atoms with van der Waals surface area (Å²) in [5, 5.41) is 3.58. The van der Waals surface area contributed by atoms with Crippen molar-refractivity contribution in [3.63, 3.8) is 0 Å². The topological polar surface area (TPSA) is 12.0 Å². The summed E-state index contributed by atoms with van der Waals surface area (Å²) >= 11 is 0. The van der Waals surface area contributed by atoms with Crippen molar-refractivity contribution >= 4 is 0 Å². The molecule has 1 atom stereocenters. The van der Waals surface area contributed by atoms with Crippen molar-refractivity contribution in [1.82, 2.24) is 5.32 Å². The first-order valence-electron chi connectivity index (χ1n) is 5.11. The van der Waals surface area contributed by atoms with Gasteiger partial charge in [-0.25, -0.2) is 0 Å². The number of nitrogens with one attached hydrogen (secondary N) is 1. The lowest BCUT2D eigenvalue weighted by Gasteiger charge is -2.16. The highest BCUT2D eigenvalue weighted by molar-refractivity contribution is 4.85. The van der Waals surface area contributed by atoms with E-state index in [9.17, 15) is 0 Å². The average Bonchev–Trinajstić information content (AvgIpc) is 2.80. The Labute approximate surface area is 70.6 Å². The van der Waals surface area contributed by atoms with Gasteiger partial charge in [0.05, 0.1) is 0 Å². The van der Waals surface area contributed by atoms with Crippen molar-refractivity contribution in [3.05, 3.63) is 0 Å². The first kappa shape index (κ1) is 9.05. The van der Waals surface area contributed by atoms with E-state index in [2.05, 4.69) is 19.2 Å². The monoisotopic (exact) mass is 155 g/mol. The van der Waals surface area contributed by atoms with Crippen LogP contribution in [-0.4, -0.2) is 12.6 Å². The molecule has 0 amide bonds. The highest BCUT2D eigenvalue weighted by Gasteiger charge is 2.29. The van der Waals surface area contributed by atoms with Crippen LogP contribution in [0.5, 0.6) is 0 Å². The fourth-order valence-electron chi connectivity index (χ4n) is 1.69. The molecule has 1 saturated carbocycles. The first-order chi connectivity index (χ1) is 5.38. The summed E-state index contributed by atoms with van der Waals surface area (Å²) in [6, 6.07) is 0.847. The van der Waals surface area contributed by atoms with Gasteiger partial charge in [0.1, 0.15) is 0 Å². The highest BCUT2D eigenvalue weighted by Crippen LogP contribution is 2.34. The van der Waals surface area contributed by atoms with Crippen molar-refractivity contribution < 1.29 is 0 Å². The molecule has 0 bridgehead atoms. The molecule has 0 saturated heterocycles. The zero-order valence-electron chi connectivity index (χ0n) is 7.90. The average molecular weight is 155 g/mol. The van der Waals surface area contributed by atoms with Crippen molar-refractivity contribution in [1.29, 1.82) is 0 Å². The van der Waals surface area contributed by atoms with E-state index in [1.807, 2.05) is 0 Å². The smallest absolute Gasteiger partial charge is 0.00952 e. The molecule has 0 aromatic heterocycles. The molecule has 0 spiro atoms. The Morgan fingerprint density at radius 3 is 2.55 bits per heavy atom.